The fourth-order valence-electron chi connectivity index (χ4n) is 4.52. The molecule has 7 nitrogen and oxygen atoms in total. The molecule has 2 aliphatic rings. The molecular weight excluding hydrogens is 404 g/mol. The Morgan fingerprint density at radius 3 is 2.41 bits per heavy atom. The topological polar surface area (TPSA) is 73.9 Å². The number of carbonyl (C=O) groups is 2. The summed E-state index contributed by atoms with van der Waals surface area (Å²) in [7, 11) is 3.99. The van der Waals surface area contributed by atoms with Gasteiger partial charge >= 0.3 is 6.03 Å². The third-order valence-electron chi connectivity index (χ3n) is 6.13. The lowest BCUT2D eigenvalue weighted by atomic mass is 10.1. The fourth-order valence-corrected chi connectivity index (χ4v) is 4.52. The zero-order valence-electron chi connectivity index (χ0n) is 20.4. The lowest BCUT2D eigenvalue weighted by molar-refractivity contribution is -0.119. The van der Waals surface area contributed by atoms with Crippen LogP contribution >= 0.6 is 0 Å². The molecule has 1 aliphatic carbocycles. The normalized spacial score (nSPS) is 19.1. The van der Waals surface area contributed by atoms with E-state index >= 15 is 0 Å². The highest BCUT2D eigenvalue weighted by Gasteiger charge is 2.27. The van der Waals surface area contributed by atoms with Crippen LogP contribution in [0.2, 0.25) is 0 Å². The summed E-state index contributed by atoms with van der Waals surface area (Å²) in [6.07, 6.45) is 6.26. The van der Waals surface area contributed by atoms with E-state index in [0.717, 1.165) is 62.1 Å². The summed E-state index contributed by atoms with van der Waals surface area (Å²) < 4.78 is 5.82. The van der Waals surface area contributed by atoms with Gasteiger partial charge in [0.05, 0.1) is 6.10 Å². The van der Waals surface area contributed by atoms with Crippen molar-refractivity contribution in [3.8, 4) is 0 Å². The molecule has 7 heteroatoms. The van der Waals surface area contributed by atoms with E-state index in [0.29, 0.717) is 13.1 Å². The molecule has 1 aliphatic heterocycles. The second-order valence-corrected chi connectivity index (χ2v) is 10.4. The van der Waals surface area contributed by atoms with Crippen molar-refractivity contribution in [2.45, 2.75) is 77.5 Å². The van der Waals surface area contributed by atoms with Crippen LogP contribution in [0.5, 0.6) is 0 Å². The predicted molar refractivity (Wildman–Crippen MR) is 129 cm³/mol. The minimum absolute atomic E-state index is 0.0637. The second kappa shape index (κ2) is 10.6. The van der Waals surface area contributed by atoms with Crippen molar-refractivity contribution in [3.63, 3.8) is 0 Å². The predicted octanol–water partition coefficient (Wildman–Crippen LogP) is 4.37. The van der Waals surface area contributed by atoms with E-state index in [9.17, 15) is 9.59 Å². The number of hydrogen-bond acceptors (Lipinski definition) is 4. The van der Waals surface area contributed by atoms with E-state index in [-0.39, 0.29) is 29.5 Å². The van der Waals surface area contributed by atoms with Crippen LogP contribution in [0.1, 0.15) is 64.9 Å². The Labute approximate surface area is 192 Å². The molecule has 1 saturated carbocycles. The molecule has 2 fully saturated rings. The highest BCUT2D eigenvalue weighted by molar-refractivity contribution is 5.93. The van der Waals surface area contributed by atoms with Crippen LogP contribution in [-0.4, -0.2) is 55.7 Å². The number of benzene rings is 1. The van der Waals surface area contributed by atoms with Crippen molar-refractivity contribution in [3.05, 3.63) is 23.8 Å². The van der Waals surface area contributed by atoms with Crippen molar-refractivity contribution in [2.24, 2.45) is 5.92 Å². The smallest absolute Gasteiger partial charge is 0.318 e. The van der Waals surface area contributed by atoms with Crippen molar-refractivity contribution < 1.29 is 14.3 Å². The number of carbonyl (C=O) groups excluding carboxylic acids is 2. The highest BCUT2D eigenvalue weighted by atomic mass is 16.5. The summed E-state index contributed by atoms with van der Waals surface area (Å²) in [5.74, 6) is 0.216. The van der Waals surface area contributed by atoms with Crippen molar-refractivity contribution >= 4 is 23.3 Å². The zero-order chi connectivity index (χ0) is 23.3. The molecule has 0 aromatic heterocycles. The minimum Gasteiger partial charge on any atom is -0.377 e. The Hall–Kier alpha value is -2.28. The summed E-state index contributed by atoms with van der Waals surface area (Å²) in [6.45, 7) is 7.71. The van der Waals surface area contributed by atoms with Crippen LogP contribution in [0.4, 0.5) is 16.2 Å². The number of hydrogen-bond donors (Lipinski definition) is 2. The monoisotopic (exact) mass is 444 g/mol. The molecular formula is C25H40N4O3. The van der Waals surface area contributed by atoms with E-state index < -0.39 is 0 Å². The molecule has 178 valence electrons. The molecule has 1 aromatic rings. The number of nitrogens with one attached hydrogen (secondary N) is 2. The van der Waals surface area contributed by atoms with Gasteiger partial charge in [-0.2, -0.15) is 0 Å². The number of anilines is 2. The molecule has 3 rings (SSSR count). The maximum Gasteiger partial charge on any atom is 0.318 e. The zero-order valence-corrected chi connectivity index (χ0v) is 20.4. The van der Waals surface area contributed by atoms with Crippen LogP contribution in [0, 0.1) is 5.92 Å². The number of urea groups is 1. The molecule has 1 saturated heterocycles. The van der Waals surface area contributed by atoms with Gasteiger partial charge in [-0.3, -0.25) is 4.79 Å². The number of rotatable bonds is 7. The van der Waals surface area contributed by atoms with Gasteiger partial charge in [0, 0.05) is 56.6 Å². The first-order chi connectivity index (χ1) is 15.1. The lowest BCUT2D eigenvalue weighted by Crippen LogP contribution is -2.50. The van der Waals surface area contributed by atoms with Gasteiger partial charge in [0.1, 0.15) is 0 Å². The third kappa shape index (κ3) is 6.86. The van der Waals surface area contributed by atoms with Crippen LogP contribution in [0.3, 0.4) is 0 Å². The first kappa shape index (κ1) is 24.4. The fraction of sp³-hybridized carbons (Fsp3) is 0.680. The number of nitrogens with zero attached hydrogens (tertiary/aromatic N) is 2. The molecule has 2 N–H and O–H groups in total. The molecule has 32 heavy (non-hydrogen) atoms. The van der Waals surface area contributed by atoms with E-state index in [1.165, 1.54) is 0 Å². The first-order valence-corrected chi connectivity index (χ1v) is 11.9. The average Bonchev–Trinajstić information content (AvgIpc) is 3.40. The van der Waals surface area contributed by atoms with Crippen LogP contribution in [0.25, 0.3) is 0 Å². The number of ether oxygens (including phenoxy) is 1. The Morgan fingerprint density at radius 1 is 1.09 bits per heavy atom. The van der Waals surface area contributed by atoms with Gasteiger partial charge in [-0.05, 0) is 70.2 Å². The molecule has 1 aromatic carbocycles. The van der Waals surface area contributed by atoms with Gasteiger partial charge in [0.15, 0.2) is 0 Å². The minimum atomic E-state index is -0.326. The summed E-state index contributed by atoms with van der Waals surface area (Å²) in [5.41, 5.74) is 2.50. The van der Waals surface area contributed by atoms with Gasteiger partial charge in [0.25, 0.3) is 0 Å². The third-order valence-corrected chi connectivity index (χ3v) is 6.13. The Kier molecular flexibility index (Phi) is 8.04. The molecule has 0 spiro atoms. The van der Waals surface area contributed by atoms with E-state index in [4.69, 9.17) is 4.74 Å². The summed E-state index contributed by atoms with van der Waals surface area (Å²) >= 11 is 0. The number of amides is 3. The van der Waals surface area contributed by atoms with Crippen LogP contribution in [0.15, 0.2) is 18.2 Å². The molecule has 0 radical (unpaired) electrons. The van der Waals surface area contributed by atoms with E-state index in [2.05, 4.69) is 10.6 Å². The molecule has 1 atom stereocenters. The van der Waals surface area contributed by atoms with Crippen molar-refractivity contribution in [1.82, 2.24) is 10.2 Å². The Morgan fingerprint density at radius 2 is 1.81 bits per heavy atom. The van der Waals surface area contributed by atoms with Gasteiger partial charge in [-0.25, -0.2) is 4.79 Å². The molecule has 0 unspecified atom stereocenters. The van der Waals surface area contributed by atoms with Crippen molar-refractivity contribution in [1.29, 1.82) is 0 Å². The van der Waals surface area contributed by atoms with Gasteiger partial charge in [-0.1, -0.05) is 12.8 Å². The summed E-state index contributed by atoms with van der Waals surface area (Å²) in [5, 5.41) is 6.20. The van der Waals surface area contributed by atoms with Crippen LogP contribution < -0.4 is 15.5 Å². The van der Waals surface area contributed by atoms with Crippen LogP contribution in [-0.2, 0) is 16.1 Å². The van der Waals surface area contributed by atoms with E-state index in [1.807, 2.05) is 62.9 Å². The maximum absolute atomic E-state index is 13.1. The second-order valence-electron chi connectivity index (χ2n) is 10.4. The molecule has 0 bridgehead atoms. The SMILES string of the molecule is CN(C)c1ccc(NC(=O)C2CCCC2)cc1CN(C[C@H]1CCCO1)C(=O)NC(C)(C)C. The molecule has 1 heterocycles. The van der Waals surface area contributed by atoms with Gasteiger partial charge in [0.2, 0.25) is 5.91 Å². The molecule has 3 amide bonds. The Bertz CT molecular complexity index is 791. The van der Waals surface area contributed by atoms with Gasteiger partial charge < -0.3 is 25.2 Å². The first-order valence-electron chi connectivity index (χ1n) is 11.9. The lowest BCUT2D eigenvalue weighted by Gasteiger charge is -2.31. The summed E-state index contributed by atoms with van der Waals surface area (Å²) in [4.78, 5) is 29.7. The quantitative estimate of drug-likeness (QED) is 0.655. The van der Waals surface area contributed by atoms with E-state index in [1.54, 1.807) is 0 Å². The summed E-state index contributed by atoms with van der Waals surface area (Å²) in [6, 6.07) is 5.88. The van der Waals surface area contributed by atoms with Gasteiger partial charge in [-0.15, -0.1) is 0 Å². The highest BCUT2D eigenvalue weighted by Crippen LogP contribution is 2.29. The Balaban J connectivity index is 1.81. The average molecular weight is 445 g/mol. The maximum atomic E-state index is 13.1. The van der Waals surface area contributed by atoms with Crippen molar-refractivity contribution in [2.75, 3.05) is 37.5 Å². The largest absolute Gasteiger partial charge is 0.377 e. The standard InChI is InChI=1S/C25H40N4O3/c1-25(2,3)27-24(31)29(17-21-11-8-14-32-21)16-19-15-20(12-13-22(19)28(4)5)26-23(30)18-9-6-7-10-18/h12-13,15,18,21H,6-11,14,16-17H2,1-5H3,(H,26,30)(H,27,31)/t21-/m1/s1.